The van der Waals surface area contributed by atoms with Crippen molar-refractivity contribution in [1.82, 2.24) is 25.0 Å². The van der Waals surface area contributed by atoms with Crippen molar-refractivity contribution in [2.45, 2.75) is 32.9 Å². The van der Waals surface area contributed by atoms with Gasteiger partial charge in [0, 0.05) is 57.8 Å². The summed E-state index contributed by atoms with van der Waals surface area (Å²) in [5, 5.41) is 8.07. The first kappa shape index (κ1) is 23.9. The first-order chi connectivity index (χ1) is 14.0. The van der Waals surface area contributed by atoms with Crippen LogP contribution in [0.3, 0.4) is 0 Å². The quantitative estimate of drug-likeness (QED) is 0.298. The van der Waals surface area contributed by atoms with E-state index in [1.165, 1.54) is 11.1 Å². The third-order valence-electron chi connectivity index (χ3n) is 4.80. The molecule has 3 rings (SSSR count). The van der Waals surface area contributed by atoms with Crippen LogP contribution in [-0.2, 0) is 20.1 Å². The second-order valence-electron chi connectivity index (χ2n) is 7.54. The van der Waals surface area contributed by atoms with E-state index in [4.69, 9.17) is 0 Å². The predicted molar refractivity (Wildman–Crippen MR) is 134 cm³/mol. The van der Waals surface area contributed by atoms with Crippen molar-refractivity contribution in [2.75, 3.05) is 14.1 Å². The van der Waals surface area contributed by atoms with E-state index in [9.17, 15) is 0 Å². The first-order valence-corrected chi connectivity index (χ1v) is 9.92. The van der Waals surface area contributed by atoms with Crippen molar-refractivity contribution in [3.8, 4) is 11.3 Å². The number of aryl methyl sites for hydroxylation is 1. The Bertz CT molecular complexity index is 965. The van der Waals surface area contributed by atoms with Gasteiger partial charge in [-0.2, -0.15) is 5.10 Å². The fraction of sp³-hybridized carbons (Fsp3) is 0.348. The molecule has 7 heteroatoms. The summed E-state index contributed by atoms with van der Waals surface area (Å²) in [6.07, 6.45) is 3.91. The van der Waals surface area contributed by atoms with Crippen molar-refractivity contribution in [3.63, 3.8) is 0 Å². The van der Waals surface area contributed by atoms with Gasteiger partial charge < -0.3 is 10.2 Å². The highest BCUT2D eigenvalue weighted by atomic mass is 127. The average molecular weight is 518 g/mol. The Labute approximate surface area is 196 Å². The number of halogens is 1. The molecule has 1 N–H and O–H groups in total. The SMILES string of the molecule is CN=C(NCc1cccc(-c2ccccn2)c1)N(C)Cc1cn(C)nc1C(C)C.I. The van der Waals surface area contributed by atoms with Crippen molar-refractivity contribution in [3.05, 3.63) is 71.7 Å². The van der Waals surface area contributed by atoms with Crippen LogP contribution in [0.15, 0.2) is 59.9 Å². The number of rotatable bonds is 6. The normalized spacial score (nSPS) is 11.3. The van der Waals surface area contributed by atoms with Crippen molar-refractivity contribution in [2.24, 2.45) is 12.0 Å². The highest BCUT2D eigenvalue weighted by molar-refractivity contribution is 14.0. The summed E-state index contributed by atoms with van der Waals surface area (Å²) in [7, 11) is 5.84. The molecule has 2 heterocycles. The molecule has 0 unspecified atom stereocenters. The molecule has 160 valence electrons. The Hall–Kier alpha value is -2.42. The Morgan fingerprint density at radius 1 is 1.20 bits per heavy atom. The molecule has 1 aromatic carbocycles. The Kier molecular flexibility index (Phi) is 8.83. The third-order valence-corrected chi connectivity index (χ3v) is 4.80. The van der Waals surface area contributed by atoms with Crippen molar-refractivity contribution in [1.29, 1.82) is 0 Å². The molecule has 2 aromatic heterocycles. The largest absolute Gasteiger partial charge is 0.352 e. The van der Waals surface area contributed by atoms with Gasteiger partial charge in [-0.15, -0.1) is 24.0 Å². The van der Waals surface area contributed by atoms with Crippen molar-refractivity contribution >= 4 is 29.9 Å². The second kappa shape index (κ2) is 11.1. The number of nitrogens with zero attached hydrogens (tertiary/aromatic N) is 5. The smallest absolute Gasteiger partial charge is 0.193 e. The number of nitrogens with one attached hydrogen (secondary N) is 1. The molecule has 3 aromatic rings. The second-order valence-corrected chi connectivity index (χ2v) is 7.54. The number of pyridine rings is 1. The van der Waals surface area contributed by atoms with Gasteiger partial charge in [-0.05, 0) is 29.7 Å². The Balaban J connectivity index is 0.00000320. The molecule has 0 fully saturated rings. The van der Waals surface area contributed by atoms with Gasteiger partial charge in [-0.25, -0.2) is 0 Å². The van der Waals surface area contributed by atoms with E-state index >= 15 is 0 Å². The number of hydrogen-bond donors (Lipinski definition) is 1. The maximum atomic E-state index is 4.60. The highest BCUT2D eigenvalue weighted by Gasteiger charge is 2.15. The van der Waals surface area contributed by atoms with E-state index in [-0.39, 0.29) is 24.0 Å². The Morgan fingerprint density at radius 2 is 2.00 bits per heavy atom. The number of guanidine groups is 1. The standard InChI is InChI=1S/C23H30N6.HI/c1-17(2)22-20(16-29(5)27-22)15-28(4)23(24-3)26-14-18-9-8-10-19(13-18)21-11-6-7-12-25-21;/h6-13,16-17H,14-15H2,1-5H3,(H,24,26);1H. The fourth-order valence-corrected chi connectivity index (χ4v) is 3.43. The molecule has 0 aliphatic heterocycles. The van der Waals surface area contributed by atoms with Gasteiger partial charge in [0.2, 0.25) is 0 Å². The minimum atomic E-state index is 0. The van der Waals surface area contributed by atoms with Crippen LogP contribution in [0.1, 0.15) is 36.6 Å². The summed E-state index contributed by atoms with van der Waals surface area (Å²) in [6, 6.07) is 14.4. The Morgan fingerprint density at radius 3 is 2.67 bits per heavy atom. The third kappa shape index (κ3) is 6.04. The molecule has 0 aliphatic rings. The van der Waals surface area contributed by atoms with Gasteiger partial charge in [0.05, 0.1) is 11.4 Å². The predicted octanol–water partition coefficient (Wildman–Crippen LogP) is 4.43. The molecule has 0 bridgehead atoms. The maximum Gasteiger partial charge on any atom is 0.193 e. The minimum absolute atomic E-state index is 0. The number of aromatic nitrogens is 3. The molecule has 0 saturated heterocycles. The van der Waals surface area contributed by atoms with Crippen LogP contribution in [0.25, 0.3) is 11.3 Å². The zero-order valence-electron chi connectivity index (χ0n) is 18.3. The van der Waals surface area contributed by atoms with E-state index in [0.717, 1.165) is 29.5 Å². The van der Waals surface area contributed by atoms with Crippen LogP contribution < -0.4 is 5.32 Å². The van der Waals surface area contributed by atoms with Gasteiger partial charge in [0.15, 0.2) is 5.96 Å². The summed E-state index contributed by atoms with van der Waals surface area (Å²) in [6.45, 7) is 5.80. The monoisotopic (exact) mass is 518 g/mol. The van der Waals surface area contributed by atoms with Gasteiger partial charge >= 0.3 is 0 Å². The molecule has 0 atom stereocenters. The highest BCUT2D eigenvalue weighted by Crippen LogP contribution is 2.19. The molecule has 0 amide bonds. The summed E-state index contributed by atoms with van der Waals surface area (Å²) >= 11 is 0. The van der Waals surface area contributed by atoms with Crippen LogP contribution in [0, 0.1) is 0 Å². The van der Waals surface area contributed by atoms with E-state index in [1.54, 1.807) is 0 Å². The zero-order chi connectivity index (χ0) is 20.8. The molecule has 30 heavy (non-hydrogen) atoms. The summed E-state index contributed by atoms with van der Waals surface area (Å²) < 4.78 is 1.89. The lowest BCUT2D eigenvalue weighted by Crippen LogP contribution is -2.38. The molecule has 0 radical (unpaired) electrons. The number of hydrogen-bond acceptors (Lipinski definition) is 3. The lowest BCUT2D eigenvalue weighted by atomic mass is 10.1. The van der Waals surface area contributed by atoms with E-state index in [1.807, 2.05) is 43.2 Å². The first-order valence-electron chi connectivity index (χ1n) is 9.92. The summed E-state index contributed by atoms with van der Waals surface area (Å²) in [5.41, 5.74) is 5.65. The lowest BCUT2D eigenvalue weighted by Gasteiger charge is -2.22. The van der Waals surface area contributed by atoms with E-state index < -0.39 is 0 Å². The molecule has 0 aliphatic carbocycles. The molecular weight excluding hydrogens is 487 g/mol. The van der Waals surface area contributed by atoms with Gasteiger partial charge in [0.25, 0.3) is 0 Å². The molecular formula is C23H31IN6. The van der Waals surface area contributed by atoms with Crippen LogP contribution in [0.4, 0.5) is 0 Å². The zero-order valence-corrected chi connectivity index (χ0v) is 20.7. The van der Waals surface area contributed by atoms with E-state index in [2.05, 4.69) is 76.6 Å². The summed E-state index contributed by atoms with van der Waals surface area (Å²) in [5.74, 6) is 1.25. The van der Waals surface area contributed by atoms with Gasteiger partial charge in [-0.3, -0.25) is 14.7 Å². The molecule has 0 spiro atoms. The van der Waals surface area contributed by atoms with Gasteiger partial charge in [-0.1, -0.05) is 38.1 Å². The number of aliphatic imine (C=N–C) groups is 1. The lowest BCUT2D eigenvalue weighted by molar-refractivity contribution is 0.473. The maximum absolute atomic E-state index is 4.60. The number of benzene rings is 1. The molecule has 0 saturated carbocycles. The topological polar surface area (TPSA) is 58.3 Å². The summed E-state index contributed by atoms with van der Waals surface area (Å²) in [4.78, 5) is 11.0. The van der Waals surface area contributed by atoms with Crippen LogP contribution >= 0.6 is 24.0 Å². The minimum Gasteiger partial charge on any atom is -0.352 e. The van der Waals surface area contributed by atoms with Crippen LogP contribution in [-0.4, -0.2) is 39.7 Å². The van der Waals surface area contributed by atoms with E-state index in [0.29, 0.717) is 12.5 Å². The molecule has 6 nitrogen and oxygen atoms in total. The average Bonchev–Trinajstić information content (AvgIpc) is 3.09. The van der Waals surface area contributed by atoms with Gasteiger partial charge in [0.1, 0.15) is 0 Å². The van der Waals surface area contributed by atoms with Crippen LogP contribution in [0.2, 0.25) is 0 Å². The fourth-order valence-electron chi connectivity index (χ4n) is 3.43. The van der Waals surface area contributed by atoms with Crippen LogP contribution in [0.5, 0.6) is 0 Å². The van der Waals surface area contributed by atoms with Crippen molar-refractivity contribution < 1.29 is 0 Å².